The molecule has 1 heterocycles. The van der Waals surface area contributed by atoms with Crippen LogP contribution < -0.4 is 5.32 Å². The largest absolute Gasteiger partial charge is 0.506 e. The van der Waals surface area contributed by atoms with Gasteiger partial charge < -0.3 is 15.3 Å². The van der Waals surface area contributed by atoms with Gasteiger partial charge in [0.1, 0.15) is 5.75 Å². The minimum Gasteiger partial charge on any atom is -0.506 e. The third kappa shape index (κ3) is 4.33. The molecule has 2 N–H and O–H groups in total. The van der Waals surface area contributed by atoms with Crippen LogP contribution in [-0.4, -0.2) is 35.6 Å². The number of pyridine rings is 1. The maximum absolute atomic E-state index is 9.24. The number of rotatable bonds is 6. The molecule has 0 aliphatic rings. The molecule has 0 amide bonds. The Labute approximate surface area is 120 Å². The van der Waals surface area contributed by atoms with Gasteiger partial charge in [-0.05, 0) is 31.8 Å². The van der Waals surface area contributed by atoms with E-state index in [9.17, 15) is 5.11 Å². The van der Waals surface area contributed by atoms with E-state index in [1.54, 1.807) is 6.07 Å². The van der Waals surface area contributed by atoms with Crippen molar-refractivity contribution >= 4 is 0 Å². The molecule has 0 aliphatic carbocycles. The molecule has 2 rings (SSSR count). The molecule has 4 heteroatoms. The molecule has 1 aromatic heterocycles. The third-order valence-corrected chi connectivity index (χ3v) is 3.09. The first-order chi connectivity index (χ1) is 9.65. The zero-order valence-electron chi connectivity index (χ0n) is 12.0. The lowest BCUT2D eigenvalue weighted by Gasteiger charge is -2.22. The lowest BCUT2D eigenvalue weighted by atomic mass is 10.1. The highest BCUT2D eigenvalue weighted by Crippen LogP contribution is 2.14. The van der Waals surface area contributed by atoms with Crippen LogP contribution in [0.1, 0.15) is 17.3 Å². The van der Waals surface area contributed by atoms with Gasteiger partial charge in [0.25, 0.3) is 0 Å². The van der Waals surface area contributed by atoms with Gasteiger partial charge in [-0.15, -0.1) is 0 Å². The summed E-state index contributed by atoms with van der Waals surface area (Å²) < 4.78 is 0. The minimum absolute atomic E-state index is 0.196. The topological polar surface area (TPSA) is 48.4 Å². The summed E-state index contributed by atoms with van der Waals surface area (Å²) in [6.07, 6.45) is 1.47. The number of hydrogen-bond donors (Lipinski definition) is 2. The molecule has 0 spiro atoms. The van der Waals surface area contributed by atoms with Gasteiger partial charge in [-0.1, -0.05) is 30.3 Å². The molecular formula is C16H21N3O. The number of likely N-dealkylation sites (N-methyl/N-ethyl adjacent to an activating group) is 1. The van der Waals surface area contributed by atoms with Gasteiger partial charge in [-0.25, -0.2) is 0 Å². The van der Waals surface area contributed by atoms with Gasteiger partial charge >= 0.3 is 0 Å². The summed E-state index contributed by atoms with van der Waals surface area (Å²) in [6, 6.07) is 14.1. The van der Waals surface area contributed by atoms with Crippen LogP contribution in [0.4, 0.5) is 0 Å². The quantitative estimate of drug-likeness (QED) is 0.845. The second kappa shape index (κ2) is 7.03. The Morgan fingerprint density at radius 3 is 2.50 bits per heavy atom. The van der Waals surface area contributed by atoms with Crippen molar-refractivity contribution in [2.75, 3.05) is 20.6 Å². The van der Waals surface area contributed by atoms with Crippen molar-refractivity contribution < 1.29 is 5.11 Å². The monoisotopic (exact) mass is 271 g/mol. The van der Waals surface area contributed by atoms with E-state index in [1.165, 1.54) is 11.8 Å². The maximum Gasteiger partial charge on any atom is 0.133 e. The van der Waals surface area contributed by atoms with Crippen molar-refractivity contribution in [3.05, 3.63) is 59.9 Å². The summed E-state index contributed by atoms with van der Waals surface area (Å²) in [5.41, 5.74) is 2.18. The van der Waals surface area contributed by atoms with E-state index < -0.39 is 0 Å². The molecule has 0 saturated carbocycles. The molecule has 0 aliphatic heterocycles. The van der Waals surface area contributed by atoms with E-state index in [-0.39, 0.29) is 11.8 Å². The number of aromatic nitrogens is 1. The Morgan fingerprint density at radius 1 is 1.15 bits per heavy atom. The molecule has 4 nitrogen and oxygen atoms in total. The van der Waals surface area contributed by atoms with Gasteiger partial charge in [0.15, 0.2) is 0 Å². The molecule has 1 aromatic carbocycles. The second-order valence-corrected chi connectivity index (χ2v) is 5.11. The molecule has 1 atom stereocenters. The number of aromatic hydroxyl groups is 1. The molecule has 0 saturated heterocycles. The molecule has 20 heavy (non-hydrogen) atoms. The third-order valence-electron chi connectivity index (χ3n) is 3.09. The Morgan fingerprint density at radius 2 is 1.90 bits per heavy atom. The average Bonchev–Trinajstić information content (AvgIpc) is 2.46. The van der Waals surface area contributed by atoms with Crippen LogP contribution in [0, 0.1) is 0 Å². The first-order valence-corrected chi connectivity index (χ1v) is 6.72. The maximum atomic E-state index is 9.24. The average molecular weight is 271 g/mol. The van der Waals surface area contributed by atoms with Crippen LogP contribution in [-0.2, 0) is 6.54 Å². The van der Waals surface area contributed by atoms with Crippen LogP contribution in [0.5, 0.6) is 5.75 Å². The van der Waals surface area contributed by atoms with E-state index in [4.69, 9.17) is 0 Å². The summed E-state index contributed by atoms with van der Waals surface area (Å²) in [5.74, 6) is 0.196. The van der Waals surface area contributed by atoms with Crippen molar-refractivity contribution in [3.8, 4) is 5.75 Å². The fourth-order valence-corrected chi connectivity index (χ4v) is 2.09. The van der Waals surface area contributed by atoms with Crippen molar-refractivity contribution in [3.63, 3.8) is 0 Å². The molecule has 0 bridgehead atoms. The first kappa shape index (κ1) is 14.5. The van der Waals surface area contributed by atoms with Gasteiger partial charge in [0.2, 0.25) is 0 Å². The van der Waals surface area contributed by atoms with Crippen LogP contribution in [0.15, 0.2) is 48.7 Å². The number of nitrogens with zero attached hydrogens (tertiary/aromatic N) is 2. The Kier molecular flexibility index (Phi) is 5.09. The number of hydrogen-bond acceptors (Lipinski definition) is 4. The van der Waals surface area contributed by atoms with Crippen molar-refractivity contribution in [1.82, 2.24) is 15.2 Å². The molecule has 0 radical (unpaired) electrons. The Balaban J connectivity index is 2.03. The number of benzene rings is 1. The van der Waals surface area contributed by atoms with Crippen LogP contribution >= 0.6 is 0 Å². The zero-order valence-corrected chi connectivity index (χ0v) is 12.0. The van der Waals surface area contributed by atoms with Crippen LogP contribution in [0.25, 0.3) is 0 Å². The van der Waals surface area contributed by atoms with Gasteiger partial charge in [-0.3, -0.25) is 4.98 Å². The first-order valence-electron chi connectivity index (χ1n) is 6.72. The van der Waals surface area contributed by atoms with E-state index in [0.717, 1.165) is 12.2 Å². The normalized spacial score (nSPS) is 12.6. The fourth-order valence-electron chi connectivity index (χ4n) is 2.09. The minimum atomic E-state index is 0.196. The molecule has 0 fully saturated rings. The fraction of sp³-hybridized carbons (Fsp3) is 0.312. The highest BCUT2D eigenvalue weighted by atomic mass is 16.3. The Bertz CT molecular complexity index is 511. The Hall–Kier alpha value is -1.91. The van der Waals surface area contributed by atoms with E-state index in [1.807, 2.05) is 12.1 Å². The summed E-state index contributed by atoms with van der Waals surface area (Å²) in [7, 11) is 4.13. The predicted molar refractivity (Wildman–Crippen MR) is 80.5 cm³/mol. The smallest absolute Gasteiger partial charge is 0.133 e. The zero-order chi connectivity index (χ0) is 14.4. The highest BCUT2D eigenvalue weighted by Gasteiger charge is 2.11. The van der Waals surface area contributed by atoms with Gasteiger partial charge in [0, 0.05) is 19.1 Å². The standard InChI is InChI=1S/C16H21N3O/c1-19(2)12-16(13-6-4-3-5-7-13)18-10-14-8-9-15(20)11-17-14/h3-9,11,16,18,20H,10,12H2,1-2H3. The number of nitrogens with one attached hydrogen (secondary N) is 1. The molecular weight excluding hydrogens is 250 g/mol. The molecule has 106 valence electrons. The summed E-state index contributed by atoms with van der Waals surface area (Å²) in [5, 5.41) is 12.8. The van der Waals surface area contributed by atoms with Crippen LogP contribution in [0.3, 0.4) is 0 Å². The SMILES string of the molecule is CN(C)CC(NCc1ccc(O)cn1)c1ccccc1. The summed E-state index contributed by atoms with van der Waals surface area (Å²) in [6.45, 7) is 1.59. The molecule has 2 aromatic rings. The van der Waals surface area contributed by atoms with E-state index in [0.29, 0.717) is 6.54 Å². The van der Waals surface area contributed by atoms with Gasteiger partial charge in [-0.2, -0.15) is 0 Å². The van der Waals surface area contributed by atoms with E-state index >= 15 is 0 Å². The lowest BCUT2D eigenvalue weighted by molar-refractivity contribution is 0.340. The highest BCUT2D eigenvalue weighted by molar-refractivity contribution is 5.20. The summed E-state index contributed by atoms with van der Waals surface area (Å²) in [4.78, 5) is 6.36. The van der Waals surface area contributed by atoms with Gasteiger partial charge in [0.05, 0.1) is 11.9 Å². The molecule has 1 unspecified atom stereocenters. The lowest BCUT2D eigenvalue weighted by Crippen LogP contribution is -2.31. The van der Waals surface area contributed by atoms with Crippen molar-refractivity contribution in [2.24, 2.45) is 0 Å². The predicted octanol–water partition coefficient (Wildman–Crippen LogP) is 2.18. The van der Waals surface area contributed by atoms with Crippen LogP contribution in [0.2, 0.25) is 0 Å². The van der Waals surface area contributed by atoms with E-state index in [2.05, 4.69) is 53.6 Å². The summed E-state index contributed by atoms with van der Waals surface area (Å²) >= 11 is 0. The van der Waals surface area contributed by atoms with Crippen molar-refractivity contribution in [2.45, 2.75) is 12.6 Å². The second-order valence-electron chi connectivity index (χ2n) is 5.11. The van der Waals surface area contributed by atoms with Crippen molar-refractivity contribution in [1.29, 1.82) is 0 Å².